The second kappa shape index (κ2) is 9.51. The zero-order valence-corrected chi connectivity index (χ0v) is 16.2. The van der Waals surface area contributed by atoms with Crippen molar-refractivity contribution in [3.63, 3.8) is 0 Å². The fourth-order valence-corrected chi connectivity index (χ4v) is 3.80. The van der Waals surface area contributed by atoms with Gasteiger partial charge >= 0.3 is 5.97 Å². The number of carbonyl (C=O) groups is 2. The molecular formula is C23H27NO4. The van der Waals surface area contributed by atoms with Crippen molar-refractivity contribution in [1.29, 1.82) is 0 Å². The third kappa shape index (κ3) is 4.98. The van der Waals surface area contributed by atoms with Crippen molar-refractivity contribution in [3.05, 3.63) is 53.6 Å². The Morgan fingerprint density at radius 2 is 1.89 bits per heavy atom. The number of hydrogen-bond acceptors (Lipinski definition) is 4. The predicted octanol–water partition coefficient (Wildman–Crippen LogP) is 4.08. The summed E-state index contributed by atoms with van der Waals surface area (Å²) in [5.74, 6) is 0.483. The van der Waals surface area contributed by atoms with Gasteiger partial charge in [-0.25, -0.2) is 0 Å². The molecule has 0 spiro atoms. The average molecular weight is 381 g/mol. The van der Waals surface area contributed by atoms with Crippen molar-refractivity contribution < 1.29 is 19.4 Å². The summed E-state index contributed by atoms with van der Waals surface area (Å²) in [5, 5.41) is 12.3. The first-order valence-corrected chi connectivity index (χ1v) is 9.87. The van der Waals surface area contributed by atoms with Crippen molar-refractivity contribution in [3.8, 4) is 16.9 Å². The Morgan fingerprint density at radius 1 is 1.11 bits per heavy atom. The quantitative estimate of drug-likeness (QED) is 0.584. The van der Waals surface area contributed by atoms with Crippen LogP contribution in [0.4, 0.5) is 0 Å². The second-order valence-electron chi connectivity index (χ2n) is 7.32. The first-order chi connectivity index (χ1) is 13.6. The van der Waals surface area contributed by atoms with Gasteiger partial charge in [0.2, 0.25) is 0 Å². The standard InChI is InChI=1S/C23H27NO4/c1-24-23(27)18-9-5-8-17(13-18)21-14-20(11-10-19(21)15-25)28-22(26)12-16-6-3-2-4-7-16/h5,8-11,13-14,16,25H,2-4,6-7,12,15H2,1H3,(H,24,27). The van der Waals surface area contributed by atoms with Crippen LogP contribution in [0.5, 0.6) is 5.75 Å². The van der Waals surface area contributed by atoms with E-state index < -0.39 is 0 Å². The number of esters is 1. The lowest BCUT2D eigenvalue weighted by molar-refractivity contribution is -0.135. The number of carbonyl (C=O) groups excluding carboxylic acids is 2. The highest BCUT2D eigenvalue weighted by Gasteiger charge is 2.19. The maximum absolute atomic E-state index is 12.3. The van der Waals surface area contributed by atoms with Crippen molar-refractivity contribution in [1.82, 2.24) is 5.32 Å². The molecule has 28 heavy (non-hydrogen) atoms. The lowest BCUT2D eigenvalue weighted by Crippen LogP contribution is -2.17. The SMILES string of the molecule is CNC(=O)c1cccc(-c2cc(OC(=O)CC3CCCCC3)ccc2CO)c1. The molecule has 2 N–H and O–H groups in total. The second-order valence-corrected chi connectivity index (χ2v) is 7.32. The van der Waals surface area contributed by atoms with Gasteiger partial charge in [0.25, 0.3) is 5.91 Å². The highest BCUT2D eigenvalue weighted by molar-refractivity contribution is 5.95. The summed E-state index contributed by atoms with van der Waals surface area (Å²) in [6.07, 6.45) is 6.27. The molecule has 1 saturated carbocycles. The van der Waals surface area contributed by atoms with Crippen LogP contribution in [0.3, 0.4) is 0 Å². The van der Waals surface area contributed by atoms with Gasteiger partial charge in [-0.3, -0.25) is 9.59 Å². The maximum atomic E-state index is 12.3. The molecule has 0 aromatic heterocycles. The highest BCUT2D eigenvalue weighted by Crippen LogP contribution is 2.30. The first-order valence-electron chi connectivity index (χ1n) is 9.87. The van der Waals surface area contributed by atoms with E-state index in [1.165, 1.54) is 19.3 Å². The fourth-order valence-electron chi connectivity index (χ4n) is 3.80. The Morgan fingerprint density at radius 3 is 2.61 bits per heavy atom. The Hall–Kier alpha value is -2.66. The monoisotopic (exact) mass is 381 g/mol. The zero-order chi connectivity index (χ0) is 19.9. The minimum absolute atomic E-state index is 0.143. The molecule has 1 amide bonds. The Balaban J connectivity index is 1.80. The van der Waals surface area contributed by atoms with Crippen LogP contribution in [0.15, 0.2) is 42.5 Å². The lowest BCUT2D eigenvalue weighted by atomic mass is 9.87. The van der Waals surface area contributed by atoms with E-state index in [1.807, 2.05) is 6.07 Å². The summed E-state index contributed by atoms with van der Waals surface area (Å²) in [6.45, 7) is -0.143. The van der Waals surface area contributed by atoms with Gasteiger partial charge in [0.15, 0.2) is 0 Å². The average Bonchev–Trinajstić information content (AvgIpc) is 2.73. The molecular weight excluding hydrogens is 354 g/mol. The largest absolute Gasteiger partial charge is 0.426 e. The molecule has 0 heterocycles. The van der Waals surface area contributed by atoms with Crippen LogP contribution in [0.2, 0.25) is 0 Å². The van der Waals surface area contributed by atoms with Crippen LogP contribution in [0, 0.1) is 5.92 Å². The number of ether oxygens (including phenoxy) is 1. The number of hydrogen-bond donors (Lipinski definition) is 2. The summed E-state index contributed by atoms with van der Waals surface area (Å²) in [6, 6.07) is 12.4. The molecule has 0 bridgehead atoms. The van der Waals surface area contributed by atoms with Crippen molar-refractivity contribution in [2.24, 2.45) is 5.92 Å². The summed E-state index contributed by atoms with van der Waals surface area (Å²) in [7, 11) is 1.58. The van der Waals surface area contributed by atoms with Crippen LogP contribution >= 0.6 is 0 Å². The van der Waals surface area contributed by atoms with Gasteiger partial charge in [0, 0.05) is 19.0 Å². The highest BCUT2D eigenvalue weighted by atomic mass is 16.5. The van der Waals surface area contributed by atoms with E-state index in [0.717, 1.165) is 24.0 Å². The molecule has 2 aromatic carbocycles. The minimum Gasteiger partial charge on any atom is -0.426 e. The molecule has 0 aliphatic heterocycles. The number of nitrogens with one attached hydrogen (secondary N) is 1. The number of rotatable bonds is 6. The topological polar surface area (TPSA) is 75.6 Å². The minimum atomic E-state index is -0.214. The van der Waals surface area contributed by atoms with E-state index in [2.05, 4.69) is 5.32 Å². The summed E-state index contributed by atoms with van der Waals surface area (Å²) in [4.78, 5) is 24.3. The zero-order valence-electron chi connectivity index (χ0n) is 16.2. The van der Waals surface area contributed by atoms with E-state index in [-0.39, 0.29) is 18.5 Å². The summed E-state index contributed by atoms with van der Waals surface area (Å²) < 4.78 is 5.58. The Bertz CT molecular complexity index is 840. The van der Waals surface area contributed by atoms with Gasteiger partial charge in [-0.15, -0.1) is 0 Å². The van der Waals surface area contributed by atoms with E-state index in [0.29, 0.717) is 29.2 Å². The Labute approximate surface area is 165 Å². The Kier molecular flexibility index (Phi) is 6.82. The predicted molar refractivity (Wildman–Crippen MR) is 108 cm³/mol. The van der Waals surface area contributed by atoms with Gasteiger partial charge < -0.3 is 15.2 Å². The lowest BCUT2D eigenvalue weighted by Gasteiger charge is -2.20. The van der Waals surface area contributed by atoms with Crippen LogP contribution in [-0.4, -0.2) is 24.0 Å². The molecule has 1 aliphatic rings. The van der Waals surface area contributed by atoms with E-state index in [4.69, 9.17) is 4.74 Å². The third-order valence-corrected chi connectivity index (χ3v) is 5.33. The van der Waals surface area contributed by atoms with Crippen LogP contribution in [0.25, 0.3) is 11.1 Å². The maximum Gasteiger partial charge on any atom is 0.311 e. The number of aliphatic hydroxyl groups is 1. The van der Waals surface area contributed by atoms with Gasteiger partial charge in [0.05, 0.1) is 6.61 Å². The van der Waals surface area contributed by atoms with Crippen LogP contribution in [-0.2, 0) is 11.4 Å². The molecule has 5 heteroatoms. The van der Waals surface area contributed by atoms with E-state index >= 15 is 0 Å². The van der Waals surface area contributed by atoms with E-state index in [1.54, 1.807) is 43.4 Å². The molecule has 148 valence electrons. The molecule has 2 aromatic rings. The number of aliphatic hydroxyl groups excluding tert-OH is 1. The van der Waals surface area contributed by atoms with Gasteiger partial charge in [0.1, 0.15) is 5.75 Å². The van der Waals surface area contributed by atoms with Gasteiger partial charge in [-0.2, -0.15) is 0 Å². The third-order valence-electron chi connectivity index (χ3n) is 5.33. The number of benzene rings is 2. The molecule has 1 aliphatic carbocycles. The smallest absolute Gasteiger partial charge is 0.311 e. The molecule has 5 nitrogen and oxygen atoms in total. The normalized spacial score (nSPS) is 14.5. The van der Waals surface area contributed by atoms with Crippen LogP contribution < -0.4 is 10.1 Å². The first kappa shape index (κ1) is 20.1. The molecule has 3 rings (SSSR count). The fraction of sp³-hybridized carbons (Fsp3) is 0.391. The number of amides is 1. The molecule has 0 saturated heterocycles. The summed E-state index contributed by atoms with van der Waals surface area (Å²) >= 11 is 0. The van der Waals surface area contributed by atoms with E-state index in [9.17, 15) is 14.7 Å². The van der Waals surface area contributed by atoms with Crippen LogP contribution in [0.1, 0.15) is 54.4 Å². The van der Waals surface area contributed by atoms with Crippen molar-refractivity contribution >= 4 is 11.9 Å². The molecule has 0 atom stereocenters. The van der Waals surface area contributed by atoms with Crippen molar-refractivity contribution in [2.75, 3.05) is 7.05 Å². The van der Waals surface area contributed by atoms with Crippen molar-refractivity contribution in [2.45, 2.75) is 45.1 Å². The summed E-state index contributed by atoms with van der Waals surface area (Å²) in [5.41, 5.74) is 2.77. The molecule has 0 radical (unpaired) electrons. The van der Waals surface area contributed by atoms with Gasteiger partial charge in [-0.05, 0) is 59.7 Å². The molecule has 0 unspecified atom stereocenters. The van der Waals surface area contributed by atoms with Gasteiger partial charge in [-0.1, -0.05) is 37.5 Å². The molecule has 1 fully saturated rings.